The molecule has 0 spiro atoms. The summed E-state index contributed by atoms with van der Waals surface area (Å²) in [6.07, 6.45) is 12.1. The van der Waals surface area contributed by atoms with E-state index in [0.29, 0.717) is 0 Å². The first-order valence-electron chi connectivity index (χ1n) is 49.8. The Labute approximate surface area is 775 Å². The molecular weight excluding hydrogens is 1510 g/mol. The Bertz CT molecular complexity index is 3680. The fourth-order valence-corrected chi connectivity index (χ4v) is 39.0. The van der Waals surface area contributed by atoms with Crippen molar-refractivity contribution in [3.05, 3.63) is 115 Å². The third-order valence-electron chi connectivity index (χ3n) is 26.5. The van der Waals surface area contributed by atoms with Gasteiger partial charge < -0.3 is 4.12 Å². The van der Waals surface area contributed by atoms with E-state index < -0.39 is 18.1 Å². The van der Waals surface area contributed by atoms with Gasteiger partial charge in [0.25, 0.3) is 0 Å². The van der Waals surface area contributed by atoms with Gasteiger partial charge in [-0.1, -0.05) is 464 Å². The molecule has 0 aliphatic rings. The lowest BCUT2D eigenvalue weighted by molar-refractivity contribution is 0.262. The Balaban J connectivity index is 3.45. The fourth-order valence-electron chi connectivity index (χ4n) is 28.8. The summed E-state index contributed by atoms with van der Waals surface area (Å²) in [5.41, 5.74) is 14.5. The first-order valence-corrected chi connectivity index (χ1v) is 53.0. The highest BCUT2D eigenvalue weighted by atomic mass is 28.4. The van der Waals surface area contributed by atoms with Crippen LogP contribution in [-0.4, -0.2) is 18.1 Å². The van der Waals surface area contributed by atoms with E-state index in [0.717, 1.165) is 77.0 Å². The van der Waals surface area contributed by atoms with Crippen molar-refractivity contribution in [2.75, 3.05) is 0 Å². The summed E-state index contributed by atoms with van der Waals surface area (Å²) in [7, 11) is -7.15. The molecule has 0 bridgehead atoms. The molecule has 708 valence electrons. The summed E-state index contributed by atoms with van der Waals surface area (Å²) in [4.78, 5) is 0. The van der Waals surface area contributed by atoms with Gasteiger partial charge in [-0.3, -0.25) is 0 Å². The van der Waals surface area contributed by atoms with Gasteiger partial charge in [0, 0.05) is 0 Å². The zero-order valence-electron chi connectivity index (χ0n) is 94.7. The second-order valence-corrected chi connectivity index (χ2v) is 69.1. The Hall–Kier alpha value is -2.73. The molecule has 0 unspecified atom stereocenters. The summed E-state index contributed by atoms with van der Waals surface area (Å²) in [5, 5.41) is 6.42. The van der Waals surface area contributed by atoms with E-state index in [1.54, 1.807) is 43.0 Å². The van der Waals surface area contributed by atoms with Gasteiger partial charge >= 0.3 is 0 Å². The van der Waals surface area contributed by atoms with Crippen LogP contribution in [0.5, 0.6) is 0 Å². The minimum atomic E-state index is -3.57. The van der Waals surface area contributed by atoms with E-state index in [1.165, 1.54) is 44.5 Å². The maximum absolute atomic E-state index is 11.1. The van der Waals surface area contributed by atoms with Crippen LogP contribution in [0.4, 0.5) is 0 Å². The molecule has 0 amide bonds. The second kappa shape index (κ2) is 35.7. The highest BCUT2D eigenvalue weighted by molar-refractivity contribution is 6.93. The average Bonchev–Trinajstić information content (AvgIpc) is 0.699. The highest BCUT2D eigenvalue weighted by Gasteiger charge is 2.54. The van der Waals surface area contributed by atoms with E-state index in [1.807, 2.05) is 0 Å². The SMILES string of the molecule is CC(C)(C)CC(C)(C)c1ccc(C(C)(C)CC(C)(C)C)c(C(C)(C)CC(C)(C)C)c1[SiH](O[SiH](c1c(C(C)(C)CC(C)(C)C)ccc(C(C)(C)CC(C)(C)C)c1C(C)(C)CC(C)(C)C)c1c(C(C)(C)CC(C)(C)C)ccc(C(C)(C)CC(C)(C)C)c1C(C)(C)CC(C)(C)C)c1c(C(C)(C)CC(C)(C)C)ccc(C(C)(C)CC(C)(C)C)c1C(C)(C)CC(C)(C)C. The standard InChI is InChI=1S/C120H214OSi2/c1-97(2,3)69-109(37,38)81-61-65-85(113(45,46)73-101(13,14)15)93(89(81)117(53,54)77-105(25,26)27)122(94-86(114(47,48)74-102(16,17)18)66-62-82(110(39,40)70-98(4,5)6)90(94)118(55,56)78-106(28,29)30)121-123(95-87(115(49,50)75-103(19,20)21)67-63-83(111(41,42)71-99(7,8)9)91(95)119(57,58)79-107(31,32)33)96-88(116(51,52)76-104(22,23)24)68-64-84(112(43,44)72-100(10,11)12)92(96)120(59,60)80-108(34,35)36/h61-68,122-123H,69-80H2,1-60H3. The molecule has 0 atom stereocenters. The lowest BCUT2D eigenvalue weighted by Gasteiger charge is -2.50. The minimum Gasteiger partial charge on any atom is -0.446 e. The molecule has 0 radical (unpaired) electrons. The van der Waals surface area contributed by atoms with Crippen molar-refractivity contribution < 1.29 is 4.12 Å². The van der Waals surface area contributed by atoms with Crippen LogP contribution in [0.25, 0.3) is 0 Å². The molecule has 4 rings (SSSR count). The van der Waals surface area contributed by atoms with E-state index >= 15 is 0 Å². The van der Waals surface area contributed by atoms with Crippen molar-refractivity contribution in [3.63, 3.8) is 0 Å². The maximum atomic E-state index is 11.1. The zero-order valence-corrected chi connectivity index (χ0v) is 97.0. The predicted molar refractivity (Wildman–Crippen MR) is 565 cm³/mol. The lowest BCUT2D eigenvalue weighted by Crippen LogP contribution is -2.65. The van der Waals surface area contributed by atoms with Crippen LogP contribution < -0.4 is 20.7 Å². The maximum Gasteiger partial charge on any atom is 0.229 e. The molecule has 0 fully saturated rings. The Morgan fingerprint density at radius 3 is 0.333 bits per heavy atom. The van der Waals surface area contributed by atoms with Gasteiger partial charge in [0.2, 0.25) is 18.1 Å². The van der Waals surface area contributed by atoms with Crippen molar-refractivity contribution in [3.8, 4) is 0 Å². The first kappa shape index (κ1) is 113. The molecule has 4 aromatic rings. The van der Waals surface area contributed by atoms with E-state index in [2.05, 4.69) is 464 Å². The summed E-state index contributed by atoms with van der Waals surface area (Å²) in [5.74, 6) is 0. The molecule has 1 nitrogen and oxygen atoms in total. The van der Waals surface area contributed by atoms with Crippen molar-refractivity contribution >= 4 is 38.8 Å². The smallest absolute Gasteiger partial charge is 0.229 e. The van der Waals surface area contributed by atoms with Crippen molar-refractivity contribution in [1.29, 1.82) is 0 Å². The molecule has 4 aromatic carbocycles. The summed E-state index contributed by atoms with van der Waals surface area (Å²) >= 11 is 0. The molecule has 123 heavy (non-hydrogen) atoms. The molecule has 0 aliphatic heterocycles. The number of hydrogen-bond acceptors (Lipinski definition) is 1. The molecule has 0 saturated carbocycles. The van der Waals surface area contributed by atoms with Gasteiger partial charge in [-0.15, -0.1) is 0 Å². The third-order valence-corrected chi connectivity index (χ3v) is 33.2. The van der Waals surface area contributed by atoms with Crippen LogP contribution >= 0.6 is 0 Å². The monoisotopic (exact) mass is 1730 g/mol. The number of hydrogen-bond donors (Lipinski definition) is 0. The van der Waals surface area contributed by atoms with Crippen molar-refractivity contribution in [1.82, 2.24) is 0 Å². The molecule has 0 N–H and O–H groups in total. The Morgan fingerprint density at radius 2 is 0.228 bits per heavy atom. The van der Waals surface area contributed by atoms with E-state index in [-0.39, 0.29) is 130 Å². The quantitative estimate of drug-likeness (QED) is 0.0473. The summed E-state index contributed by atoms with van der Waals surface area (Å²) < 4.78 is 11.1. The number of benzene rings is 4. The van der Waals surface area contributed by atoms with Gasteiger partial charge in [-0.2, -0.15) is 0 Å². The van der Waals surface area contributed by atoms with Crippen LogP contribution in [0, 0.1) is 65.0 Å². The van der Waals surface area contributed by atoms with Crippen LogP contribution in [-0.2, 0) is 69.1 Å². The van der Waals surface area contributed by atoms with Crippen LogP contribution in [0.2, 0.25) is 0 Å². The van der Waals surface area contributed by atoms with Gasteiger partial charge in [-0.25, -0.2) is 0 Å². The average molecular weight is 1730 g/mol. The Kier molecular flexibility index (Phi) is 32.7. The first-order chi connectivity index (χ1) is 53.4. The fraction of sp³-hybridized carbons (Fsp3) is 0.800. The van der Waals surface area contributed by atoms with Gasteiger partial charge in [0.1, 0.15) is 0 Å². The van der Waals surface area contributed by atoms with Crippen LogP contribution in [0.3, 0.4) is 0 Å². The third kappa shape index (κ3) is 31.2. The van der Waals surface area contributed by atoms with Gasteiger partial charge in [-0.05, 0) is 295 Å². The van der Waals surface area contributed by atoms with Crippen molar-refractivity contribution in [2.45, 2.75) is 557 Å². The van der Waals surface area contributed by atoms with Crippen LogP contribution in [0.1, 0.15) is 559 Å². The Morgan fingerprint density at radius 1 is 0.138 bits per heavy atom. The normalized spacial score (nSPS) is 15.4. The molecule has 0 saturated heterocycles. The molecule has 3 heteroatoms. The molecule has 0 heterocycles. The van der Waals surface area contributed by atoms with E-state index in [9.17, 15) is 4.12 Å². The van der Waals surface area contributed by atoms with Crippen LogP contribution in [0.15, 0.2) is 48.5 Å². The number of rotatable bonds is 30. The second-order valence-electron chi connectivity index (χ2n) is 64.1. The van der Waals surface area contributed by atoms with Gasteiger partial charge in [0.15, 0.2) is 0 Å². The topological polar surface area (TPSA) is 9.23 Å². The van der Waals surface area contributed by atoms with Gasteiger partial charge in [0.05, 0.1) is 0 Å². The molecule has 0 aliphatic carbocycles. The van der Waals surface area contributed by atoms with Crippen molar-refractivity contribution in [2.24, 2.45) is 65.0 Å². The molecular formula is C120H214OSi2. The zero-order chi connectivity index (χ0) is 97.2. The lowest BCUT2D eigenvalue weighted by atomic mass is 9.63. The predicted octanol–water partition coefficient (Wildman–Crippen LogP) is 34.6. The largest absolute Gasteiger partial charge is 0.446 e. The molecule has 0 aromatic heterocycles. The summed E-state index contributed by atoms with van der Waals surface area (Å²) in [6, 6.07) is 22.3. The highest BCUT2D eigenvalue weighted by Crippen LogP contribution is 2.55. The summed E-state index contributed by atoms with van der Waals surface area (Å²) in [6.45, 7) is 156. The minimum absolute atomic E-state index is 0.0164. The van der Waals surface area contributed by atoms with E-state index in [4.69, 9.17) is 0 Å².